The Morgan fingerprint density at radius 3 is 2.73 bits per heavy atom. The van der Waals surface area contributed by atoms with Crippen molar-refractivity contribution in [2.75, 3.05) is 26.7 Å². The molecule has 1 saturated carbocycles. The number of nitrogens with zero attached hydrogens (tertiary/aromatic N) is 1. The van der Waals surface area contributed by atoms with E-state index in [1.165, 1.54) is 32.5 Å². The van der Waals surface area contributed by atoms with Gasteiger partial charge in [0.2, 0.25) is 0 Å². The van der Waals surface area contributed by atoms with E-state index >= 15 is 0 Å². The summed E-state index contributed by atoms with van der Waals surface area (Å²) in [6.07, 6.45) is 3.06. The van der Waals surface area contributed by atoms with Gasteiger partial charge in [-0.2, -0.15) is 0 Å². The largest absolute Gasteiger partial charge is 0.381 e. The third-order valence-corrected chi connectivity index (χ3v) is 4.85. The molecule has 0 spiro atoms. The first-order valence-corrected chi connectivity index (χ1v) is 6.29. The number of likely N-dealkylation sites (tertiary alicyclic amines) is 1. The summed E-state index contributed by atoms with van der Waals surface area (Å²) in [5.74, 6) is 1.83. The molecule has 3 atom stereocenters. The van der Waals surface area contributed by atoms with Gasteiger partial charge >= 0.3 is 0 Å². The number of ether oxygens (including phenoxy) is 1. The van der Waals surface area contributed by atoms with Gasteiger partial charge < -0.3 is 10.1 Å². The number of fused-ring (bicyclic) bond motifs is 1. The molecular formula is C12H22N2O. The highest BCUT2D eigenvalue weighted by Gasteiger charge is 2.46. The van der Waals surface area contributed by atoms with E-state index in [1.54, 1.807) is 0 Å². The van der Waals surface area contributed by atoms with E-state index in [4.69, 9.17) is 4.74 Å². The molecule has 3 unspecified atom stereocenters. The molecule has 3 fully saturated rings. The Bertz CT molecular complexity index is 240. The normalized spacial score (nSPS) is 50.4. The second-order valence-electron chi connectivity index (χ2n) is 5.50. The lowest BCUT2D eigenvalue weighted by Crippen LogP contribution is -2.50. The van der Waals surface area contributed by atoms with Crippen molar-refractivity contribution in [1.82, 2.24) is 10.2 Å². The monoisotopic (exact) mass is 210 g/mol. The fourth-order valence-electron chi connectivity index (χ4n) is 3.68. The smallest absolute Gasteiger partial charge is 0.0601 e. The van der Waals surface area contributed by atoms with E-state index in [9.17, 15) is 0 Å². The summed E-state index contributed by atoms with van der Waals surface area (Å²) in [7, 11) is 1.84. The molecule has 1 N–H and O–H groups in total. The van der Waals surface area contributed by atoms with Crippen LogP contribution >= 0.6 is 0 Å². The predicted octanol–water partition coefficient (Wildman–Crippen LogP) is 0.703. The van der Waals surface area contributed by atoms with Crippen LogP contribution < -0.4 is 5.32 Å². The Labute approximate surface area is 92.2 Å². The van der Waals surface area contributed by atoms with Crippen LogP contribution in [-0.2, 0) is 4.74 Å². The molecule has 3 rings (SSSR count). The van der Waals surface area contributed by atoms with Crippen molar-refractivity contribution in [1.29, 1.82) is 0 Å². The zero-order valence-electron chi connectivity index (χ0n) is 9.78. The van der Waals surface area contributed by atoms with Crippen molar-refractivity contribution in [2.24, 2.45) is 11.8 Å². The van der Waals surface area contributed by atoms with Crippen LogP contribution in [0.4, 0.5) is 0 Å². The molecule has 0 aromatic rings. The molecule has 2 heterocycles. The average molecular weight is 210 g/mol. The summed E-state index contributed by atoms with van der Waals surface area (Å²) < 4.78 is 5.37. The minimum absolute atomic E-state index is 0.542. The molecule has 0 radical (unpaired) electrons. The second kappa shape index (κ2) is 3.72. The third kappa shape index (κ3) is 1.52. The Balaban J connectivity index is 1.60. The summed E-state index contributed by atoms with van der Waals surface area (Å²) in [6.45, 7) is 6.21. The Kier molecular flexibility index (Phi) is 2.49. The van der Waals surface area contributed by atoms with Crippen LogP contribution in [0.15, 0.2) is 0 Å². The number of rotatable bonds is 2. The first-order chi connectivity index (χ1) is 7.29. The zero-order chi connectivity index (χ0) is 10.4. The molecule has 0 amide bonds. The van der Waals surface area contributed by atoms with E-state index in [1.807, 2.05) is 7.11 Å². The molecule has 0 aromatic carbocycles. The van der Waals surface area contributed by atoms with Gasteiger partial charge in [-0.15, -0.1) is 0 Å². The van der Waals surface area contributed by atoms with Crippen molar-refractivity contribution >= 4 is 0 Å². The van der Waals surface area contributed by atoms with Gasteiger partial charge in [0.1, 0.15) is 0 Å². The first kappa shape index (κ1) is 10.1. The maximum atomic E-state index is 5.37. The Morgan fingerprint density at radius 2 is 2.07 bits per heavy atom. The molecule has 3 heteroatoms. The van der Waals surface area contributed by atoms with Crippen molar-refractivity contribution in [3.05, 3.63) is 0 Å². The minimum Gasteiger partial charge on any atom is -0.381 e. The fourth-order valence-corrected chi connectivity index (χ4v) is 3.68. The van der Waals surface area contributed by atoms with E-state index in [2.05, 4.69) is 17.1 Å². The summed E-state index contributed by atoms with van der Waals surface area (Å²) >= 11 is 0. The summed E-state index contributed by atoms with van der Waals surface area (Å²) in [6, 6.07) is 1.60. The van der Waals surface area contributed by atoms with Crippen LogP contribution in [0.5, 0.6) is 0 Å². The lowest BCUT2D eigenvalue weighted by atomic mass is 9.87. The Hall–Kier alpha value is -0.120. The van der Waals surface area contributed by atoms with Crippen LogP contribution in [0.25, 0.3) is 0 Å². The van der Waals surface area contributed by atoms with Crippen molar-refractivity contribution in [3.63, 3.8) is 0 Å². The SMILES string of the molecule is COC1CC(N2CC3CNCC3C2C)C1. The summed E-state index contributed by atoms with van der Waals surface area (Å²) in [4.78, 5) is 2.74. The van der Waals surface area contributed by atoms with E-state index in [-0.39, 0.29) is 0 Å². The van der Waals surface area contributed by atoms with Gasteiger partial charge in [0, 0.05) is 25.7 Å². The van der Waals surface area contributed by atoms with Gasteiger partial charge in [-0.25, -0.2) is 0 Å². The number of methoxy groups -OCH3 is 1. The number of hydrogen-bond acceptors (Lipinski definition) is 3. The second-order valence-corrected chi connectivity index (χ2v) is 5.50. The predicted molar refractivity (Wildman–Crippen MR) is 59.8 cm³/mol. The third-order valence-electron chi connectivity index (χ3n) is 4.85. The van der Waals surface area contributed by atoms with Crippen molar-refractivity contribution in [3.8, 4) is 0 Å². The molecule has 1 aliphatic carbocycles. The fraction of sp³-hybridized carbons (Fsp3) is 1.00. The van der Waals surface area contributed by atoms with Crippen LogP contribution in [-0.4, -0.2) is 49.8 Å². The lowest BCUT2D eigenvalue weighted by Gasteiger charge is -2.43. The molecule has 2 aliphatic heterocycles. The zero-order valence-corrected chi connectivity index (χ0v) is 9.78. The average Bonchev–Trinajstić information content (AvgIpc) is 2.70. The maximum Gasteiger partial charge on any atom is 0.0601 e. The molecule has 3 nitrogen and oxygen atoms in total. The maximum absolute atomic E-state index is 5.37. The van der Waals surface area contributed by atoms with Crippen LogP contribution in [0.3, 0.4) is 0 Å². The van der Waals surface area contributed by atoms with Crippen LogP contribution in [0.2, 0.25) is 0 Å². The van der Waals surface area contributed by atoms with E-state index in [0.29, 0.717) is 6.10 Å². The summed E-state index contributed by atoms with van der Waals surface area (Å²) in [5.41, 5.74) is 0. The summed E-state index contributed by atoms with van der Waals surface area (Å²) in [5, 5.41) is 3.52. The minimum atomic E-state index is 0.542. The van der Waals surface area contributed by atoms with E-state index < -0.39 is 0 Å². The van der Waals surface area contributed by atoms with Gasteiger partial charge in [-0.05, 0) is 44.7 Å². The van der Waals surface area contributed by atoms with Crippen LogP contribution in [0.1, 0.15) is 19.8 Å². The molecule has 0 aromatic heterocycles. The highest BCUT2D eigenvalue weighted by molar-refractivity contribution is 5.01. The highest BCUT2D eigenvalue weighted by Crippen LogP contribution is 2.39. The van der Waals surface area contributed by atoms with Gasteiger partial charge in [0.15, 0.2) is 0 Å². The van der Waals surface area contributed by atoms with Gasteiger partial charge in [0.05, 0.1) is 6.10 Å². The first-order valence-electron chi connectivity index (χ1n) is 6.29. The van der Waals surface area contributed by atoms with Crippen molar-refractivity contribution < 1.29 is 4.74 Å². The molecule has 15 heavy (non-hydrogen) atoms. The molecule has 2 saturated heterocycles. The lowest BCUT2D eigenvalue weighted by molar-refractivity contribution is -0.0322. The topological polar surface area (TPSA) is 24.5 Å². The van der Waals surface area contributed by atoms with Gasteiger partial charge in [0.25, 0.3) is 0 Å². The Morgan fingerprint density at radius 1 is 1.27 bits per heavy atom. The van der Waals surface area contributed by atoms with Gasteiger partial charge in [-0.1, -0.05) is 0 Å². The number of hydrogen-bond donors (Lipinski definition) is 1. The quantitative estimate of drug-likeness (QED) is 0.726. The van der Waals surface area contributed by atoms with Crippen molar-refractivity contribution in [2.45, 2.75) is 38.0 Å². The van der Waals surface area contributed by atoms with E-state index in [0.717, 1.165) is 23.9 Å². The molecule has 0 bridgehead atoms. The molecular weight excluding hydrogens is 188 g/mol. The van der Waals surface area contributed by atoms with Gasteiger partial charge in [-0.3, -0.25) is 4.90 Å². The standard InChI is InChI=1S/C12H22N2O/c1-8-12-6-13-5-9(12)7-14(8)10-3-11(4-10)15-2/h8-13H,3-7H2,1-2H3. The van der Waals surface area contributed by atoms with Crippen LogP contribution in [0, 0.1) is 11.8 Å². The molecule has 86 valence electrons. The highest BCUT2D eigenvalue weighted by atomic mass is 16.5. The molecule has 3 aliphatic rings. The number of nitrogens with one attached hydrogen (secondary N) is 1.